The van der Waals surface area contributed by atoms with Gasteiger partial charge in [-0.1, -0.05) is 23.7 Å². The molecule has 3 heterocycles. The second-order valence-electron chi connectivity index (χ2n) is 11.2. The average Bonchev–Trinajstić information content (AvgIpc) is 3.24. The first kappa shape index (κ1) is 30.3. The van der Waals surface area contributed by atoms with E-state index in [1.54, 1.807) is 21.3 Å². The van der Waals surface area contributed by atoms with Crippen molar-refractivity contribution in [1.29, 1.82) is 0 Å². The van der Waals surface area contributed by atoms with Crippen molar-refractivity contribution in [3.63, 3.8) is 0 Å². The Morgan fingerprint density at radius 2 is 1.77 bits per heavy atom. The van der Waals surface area contributed by atoms with Gasteiger partial charge in [-0.2, -0.15) is 0 Å². The summed E-state index contributed by atoms with van der Waals surface area (Å²) in [6.45, 7) is 3.21. The SMILES string of the molecule is CC(C)(O)C(=O)Nc1ccc(-n2c(=O)n(C[C@H]3CC[C@H](NC(=O)c4cc(Cl)cnc4C(F)F)CC3)c3ccccc32)cn1. The summed E-state index contributed by atoms with van der Waals surface area (Å²) in [6.07, 6.45) is 2.39. The number of imidazole rings is 1. The molecule has 5 rings (SSSR count). The number of nitrogens with one attached hydrogen (secondary N) is 2. The van der Waals surface area contributed by atoms with Gasteiger partial charge < -0.3 is 15.7 Å². The van der Waals surface area contributed by atoms with Crippen molar-refractivity contribution in [2.75, 3.05) is 5.32 Å². The van der Waals surface area contributed by atoms with Crippen LogP contribution >= 0.6 is 11.6 Å². The molecule has 0 spiro atoms. The Morgan fingerprint density at radius 3 is 2.40 bits per heavy atom. The Hall–Kier alpha value is -4.16. The summed E-state index contributed by atoms with van der Waals surface area (Å²) in [5.41, 5.74) is -0.656. The predicted molar refractivity (Wildman–Crippen MR) is 158 cm³/mol. The van der Waals surface area contributed by atoms with Crippen LogP contribution in [0, 0.1) is 5.92 Å². The van der Waals surface area contributed by atoms with Gasteiger partial charge in [-0.05, 0) is 75.8 Å². The van der Waals surface area contributed by atoms with Crippen LogP contribution in [0.4, 0.5) is 14.6 Å². The van der Waals surface area contributed by atoms with Crippen molar-refractivity contribution in [3.8, 4) is 5.69 Å². The number of fused-ring (bicyclic) bond motifs is 1. The van der Waals surface area contributed by atoms with Crippen LogP contribution in [0.25, 0.3) is 16.7 Å². The minimum Gasteiger partial charge on any atom is -0.381 e. The highest BCUT2D eigenvalue weighted by molar-refractivity contribution is 6.30. The smallest absolute Gasteiger partial charge is 0.333 e. The molecule has 0 aliphatic heterocycles. The van der Waals surface area contributed by atoms with Crippen molar-refractivity contribution in [3.05, 3.63) is 81.6 Å². The molecule has 2 amide bonds. The van der Waals surface area contributed by atoms with Crippen LogP contribution in [0.3, 0.4) is 0 Å². The summed E-state index contributed by atoms with van der Waals surface area (Å²) in [5, 5.41) is 15.4. The van der Waals surface area contributed by atoms with Crippen molar-refractivity contribution in [2.45, 2.75) is 64.1 Å². The Bertz CT molecular complexity index is 1710. The fraction of sp³-hybridized carbons (Fsp3) is 0.367. The van der Waals surface area contributed by atoms with Gasteiger partial charge in [0.05, 0.1) is 33.5 Å². The zero-order chi connectivity index (χ0) is 30.9. The van der Waals surface area contributed by atoms with Gasteiger partial charge in [0.1, 0.15) is 17.1 Å². The van der Waals surface area contributed by atoms with Gasteiger partial charge in [-0.15, -0.1) is 0 Å². The standard InChI is InChI=1S/C30H31ClF2N6O4/c1-30(2,43)28(41)37-24-12-11-20(15-34-24)39-23-6-4-3-5-22(23)38(29(39)42)16-17-7-9-19(10-8-17)36-27(40)21-13-18(31)14-35-25(21)26(32)33/h3-6,11-15,17,19,26,43H,7-10,16H2,1-2H3,(H,36,40)(H,34,37,41)/t17-,19-. The van der Waals surface area contributed by atoms with Crippen LogP contribution in [0.15, 0.2) is 59.7 Å². The van der Waals surface area contributed by atoms with E-state index in [4.69, 9.17) is 11.6 Å². The normalized spacial score (nSPS) is 17.3. The van der Waals surface area contributed by atoms with Crippen molar-refractivity contribution < 1.29 is 23.5 Å². The summed E-state index contributed by atoms with van der Waals surface area (Å²) >= 11 is 5.90. The highest BCUT2D eigenvalue weighted by atomic mass is 35.5. The first-order valence-corrected chi connectivity index (χ1v) is 14.2. The molecular weight excluding hydrogens is 582 g/mol. The molecule has 1 saturated carbocycles. The summed E-state index contributed by atoms with van der Waals surface area (Å²) in [7, 11) is 0. The number of hydrogen-bond acceptors (Lipinski definition) is 6. The minimum absolute atomic E-state index is 0.104. The van der Waals surface area contributed by atoms with Crippen LogP contribution in [0.5, 0.6) is 0 Å². The van der Waals surface area contributed by atoms with E-state index in [1.807, 2.05) is 24.3 Å². The molecular formula is C30H31ClF2N6O4. The topological polar surface area (TPSA) is 131 Å². The number of aromatic nitrogens is 4. The third-order valence-corrected chi connectivity index (χ3v) is 7.80. The number of amides is 2. The highest BCUT2D eigenvalue weighted by Crippen LogP contribution is 2.29. The quantitative estimate of drug-likeness (QED) is 0.260. The van der Waals surface area contributed by atoms with E-state index in [1.165, 1.54) is 26.1 Å². The van der Waals surface area contributed by atoms with Crippen molar-refractivity contribution >= 4 is 40.3 Å². The van der Waals surface area contributed by atoms with E-state index in [0.717, 1.165) is 24.6 Å². The molecule has 1 fully saturated rings. The molecule has 13 heteroatoms. The number of carbonyl (C=O) groups is 2. The van der Waals surface area contributed by atoms with Gasteiger partial charge in [0, 0.05) is 18.8 Å². The summed E-state index contributed by atoms with van der Waals surface area (Å²) in [4.78, 5) is 46.4. The molecule has 1 aliphatic rings. The largest absolute Gasteiger partial charge is 0.381 e. The zero-order valence-corrected chi connectivity index (χ0v) is 24.3. The lowest BCUT2D eigenvalue weighted by atomic mass is 9.85. The van der Waals surface area contributed by atoms with Gasteiger partial charge in [0.15, 0.2) is 0 Å². The molecule has 0 unspecified atom stereocenters. The Balaban J connectivity index is 1.29. The van der Waals surface area contributed by atoms with Crippen LogP contribution in [-0.4, -0.2) is 47.7 Å². The number of hydrogen-bond donors (Lipinski definition) is 3. The maximum atomic E-state index is 13.7. The third kappa shape index (κ3) is 6.60. The van der Waals surface area contributed by atoms with Crippen LogP contribution in [0.1, 0.15) is 62.0 Å². The molecule has 3 N–H and O–H groups in total. The number of alkyl halides is 2. The van der Waals surface area contributed by atoms with Crippen molar-refractivity contribution in [2.24, 2.45) is 5.92 Å². The minimum atomic E-state index is -2.90. The third-order valence-electron chi connectivity index (χ3n) is 7.60. The van der Waals surface area contributed by atoms with E-state index in [9.17, 15) is 28.3 Å². The van der Waals surface area contributed by atoms with Gasteiger partial charge in [-0.25, -0.2) is 18.6 Å². The van der Waals surface area contributed by atoms with Crippen LogP contribution in [0.2, 0.25) is 5.02 Å². The second kappa shape index (κ2) is 12.2. The van der Waals surface area contributed by atoms with Crippen LogP contribution < -0.4 is 16.3 Å². The van der Waals surface area contributed by atoms with E-state index < -0.39 is 29.5 Å². The molecule has 10 nitrogen and oxygen atoms in total. The van der Waals surface area contributed by atoms with E-state index >= 15 is 0 Å². The van der Waals surface area contributed by atoms with E-state index in [2.05, 4.69) is 20.6 Å². The predicted octanol–water partition coefficient (Wildman–Crippen LogP) is 4.87. The van der Waals surface area contributed by atoms with E-state index in [-0.39, 0.29) is 34.1 Å². The molecule has 4 aromatic rings. The number of nitrogens with zero attached hydrogens (tertiary/aromatic N) is 4. The fourth-order valence-electron chi connectivity index (χ4n) is 5.31. The monoisotopic (exact) mass is 612 g/mol. The lowest BCUT2D eigenvalue weighted by Gasteiger charge is -2.29. The first-order chi connectivity index (χ1) is 20.4. The Morgan fingerprint density at radius 1 is 1.07 bits per heavy atom. The summed E-state index contributed by atoms with van der Waals surface area (Å²) in [5.74, 6) is -0.830. The van der Waals surface area contributed by atoms with Gasteiger partial charge >= 0.3 is 5.69 Å². The van der Waals surface area contributed by atoms with Gasteiger partial charge in [0.25, 0.3) is 18.2 Å². The molecule has 3 aromatic heterocycles. The lowest BCUT2D eigenvalue weighted by Crippen LogP contribution is -2.39. The molecule has 0 bridgehead atoms. The second-order valence-corrected chi connectivity index (χ2v) is 11.6. The number of anilines is 1. The number of rotatable bonds is 8. The fourth-order valence-corrected chi connectivity index (χ4v) is 5.47. The Kier molecular flexibility index (Phi) is 8.61. The molecule has 226 valence electrons. The molecule has 0 atom stereocenters. The number of para-hydroxylation sites is 2. The highest BCUT2D eigenvalue weighted by Gasteiger charge is 2.28. The molecule has 1 aliphatic carbocycles. The maximum Gasteiger partial charge on any atom is 0.333 e. The number of carbonyl (C=O) groups excluding carboxylic acids is 2. The molecule has 43 heavy (non-hydrogen) atoms. The summed E-state index contributed by atoms with van der Waals surface area (Å²) in [6, 6.07) is 11.7. The number of pyridine rings is 2. The zero-order valence-electron chi connectivity index (χ0n) is 23.6. The number of benzene rings is 1. The maximum absolute atomic E-state index is 13.7. The van der Waals surface area contributed by atoms with Crippen LogP contribution in [-0.2, 0) is 11.3 Å². The molecule has 0 radical (unpaired) electrons. The lowest BCUT2D eigenvalue weighted by molar-refractivity contribution is -0.130. The average molecular weight is 613 g/mol. The Labute approximate surface area is 250 Å². The van der Waals surface area contributed by atoms with Crippen molar-refractivity contribution in [1.82, 2.24) is 24.4 Å². The number of aliphatic hydroxyl groups is 1. The number of halogens is 3. The van der Waals surface area contributed by atoms with Gasteiger partial charge in [0.2, 0.25) is 0 Å². The molecule has 1 aromatic carbocycles. The molecule has 0 saturated heterocycles. The first-order valence-electron chi connectivity index (χ1n) is 13.9. The van der Waals surface area contributed by atoms with E-state index in [0.29, 0.717) is 30.6 Å². The summed E-state index contributed by atoms with van der Waals surface area (Å²) < 4.78 is 30.0. The van der Waals surface area contributed by atoms with Gasteiger partial charge in [-0.3, -0.25) is 23.7 Å².